The zero-order chi connectivity index (χ0) is 15.5. The fraction of sp³-hybridized carbons (Fsp3) is 0.389. The van der Waals surface area contributed by atoms with Gasteiger partial charge in [-0.05, 0) is 48.6 Å². The molecule has 116 valence electrons. The molecule has 2 aromatic rings. The molecule has 0 spiro atoms. The molecule has 0 radical (unpaired) electrons. The normalized spacial score (nSPS) is 21.8. The van der Waals surface area contributed by atoms with Gasteiger partial charge >= 0.3 is 0 Å². The molecule has 1 aliphatic rings. The summed E-state index contributed by atoms with van der Waals surface area (Å²) in [4.78, 5) is 14.8. The number of nitrogens with two attached hydrogens (primary N) is 1. The number of rotatable bonds is 3. The lowest BCUT2D eigenvalue weighted by Crippen LogP contribution is -2.40. The SMILES string of the molecule is CC1CCN(C(=O)c2ccc(CN)cc2)C(c2ccco2)C1. The maximum atomic E-state index is 12.9. The van der Waals surface area contributed by atoms with Crippen LogP contribution in [0.15, 0.2) is 47.1 Å². The van der Waals surface area contributed by atoms with E-state index in [9.17, 15) is 4.79 Å². The molecule has 2 unspecified atom stereocenters. The van der Waals surface area contributed by atoms with E-state index in [1.54, 1.807) is 6.26 Å². The van der Waals surface area contributed by atoms with Gasteiger partial charge in [0.2, 0.25) is 0 Å². The van der Waals surface area contributed by atoms with E-state index in [1.165, 1.54) is 0 Å². The quantitative estimate of drug-likeness (QED) is 0.945. The van der Waals surface area contributed by atoms with E-state index in [1.807, 2.05) is 41.3 Å². The summed E-state index contributed by atoms with van der Waals surface area (Å²) in [5.41, 5.74) is 7.36. The smallest absolute Gasteiger partial charge is 0.254 e. The van der Waals surface area contributed by atoms with Crippen molar-refractivity contribution < 1.29 is 9.21 Å². The van der Waals surface area contributed by atoms with Crippen LogP contribution in [0.25, 0.3) is 0 Å². The number of carbonyl (C=O) groups is 1. The number of nitrogens with zero attached hydrogens (tertiary/aromatic N) is 1. The van der Waals surface area contributed by atoms with Crippen LogP contribution in [0.3, 0.4) is 0 Å². The number of hydrogen-bond acceptors (Lipinski definition) is 3. The number of furan rings is 1. The zero-order valence-electron chi connectivity index (χ0n) is 12.9. The Bertz CT molecular complexity index is 619. The molecule has 4 heteroatoms. The average Bonchev–Trinajstić information content (AvgIpc) is 3.08. The molecule has 1 aromatic carbocycles. The summed E-state index contributed by atoms with van der Waals surface area (Å²) in [6.45, 7) is 3.49. The van der Waals surface area contributed by atoms with Crippen molar-refractivity contribution in [3.63, 3.8) is 0 Å². The summed E-state index contributed by atoms with van der Waals surface area (Å²) in [6, 6.07) is 11.4. The lowest BCUT2D eigenvalue weighted by Gasteiger charge is -2.37. The zero-order valence-corrected chi connectivity index (χ0v) is 12.9. The number of benzene rings is 1. The Hall–Kier alpha value is -2.07. The largest absolute Gasteiger partial charge is 0.467 e. The third-order valence-electron chi connectivity index (χ3n) is 4.43. The highest BCUT2D eigenvalue weighted by Crippen LogP contribution is 2.35. The molecule has 0 aliphatic carbocycles. The summed E-state index contributed by atoms with van der Waals surface area (Å²) in [5, 5.41) is 0. The van der Waals surface area contributed by atoms with Gasteiger partial charge in [0.15, 0.2) is 0 Å². The third-order valence-corrected chi connectivity index (χ3v) is 4.43. The molecule has 1 aromatic heterocycles. The van der Waals surface area contributed by atoms with E-state index >= 15 is 0 Å². The van der Waals surface area contributed by atoms with Crippen molar-refractivity contribution in [2.75, 3.05) is 6.54 Å². The molecule has 1 amide bonds. The van der Waals surface area contributed by atoms with Gasteiger partial charge < -0.3 is 15.1 Å². The number of likely N-dealkylation sites (tertiary alicyclic amines) is 1. The predicted octanol–water partition coefficient (Wildman–Crippen LogP) is 3.35. The van der Waals surface area contributed by atoms with E-state index in [0.29, 0.717) is 18.0 Å². The van der Waals surface area contributed by atoms with Crippen LogP contribution in [-0.4, -0.2) is 17.4 Å². The predicted molar refractivity (Wildman–Crippen MR) is 85.2 cm³/mol. The maximum Gasteiger partial charge on any atom is 0.254 e. The molecule has 2 heterocycles. The number of amides is 1. The van der Waals surface area contributed by atoms with E-state index in [0.717, 1.165) is 30.7 Å². The fourth-order valence-electron chi connectivity index (χ4n) is 3.08. The van der Waals surface area contributed by atoms with Crippen molar-refractivity contribution in [3.8, 4) is 0 Å². The summed E-state index contributed by atoms with van der Waals surface area (Å²) in [5.74, 6) is 1.54. The number of hydrogen-bond donors (Lipinski definition) is 1. The van der Waals surface area contributed by atoms with Crippen LogP contribution in [-0.2, 0) is 6.54 Å². The van der Waals surface area contributed by atoms with E-state index in [2.05, 4.69) is 6.92 Å². The monoisotopic (exact) mass is 298 g/mol. The van der Waals surface area contributed by atoms with Crippen molar-refractivity contribution >= 4 is 5.91 Å². The van der Waals surface area contributed by atoms with Gasteiger partial charge in [-0.15, -0.1) is 0 Å². The lowest BCUT2D eigenvalue weighted by atomic mass is 9.90. The summed E-state index contributed by atoms with van der Waals surface area (Å²) in [6.07, 6.45) is 3.65. The van der Waals surface area contributed by atoms with Gasteiger partial charge in [0, 0.05) is 18.7 Å². The molecule has 22 heavy (non-hydrogen) atoms. The van der Waals surface area contributed by atoms with Crippen LogP contribution in [0, 0.1) is 5.92 Å². The summed E-state index contributed by atoms with van der Waals surface area (Å²) < 4.78 is 5.56. The molecule has 1 aliphatic heterocycles. The van der Waals surface area contributed by atoms with E-state index < -0.39 is 0 Å². The van der Waals surface area contributed by atoms with Crippen molar-refractivity contribution in [1.29, 1.82) is 0 Å². The Balaban J connectivity index is 1.85. The molecule has 2 atom stereocenters. The molecule has 1 saturated heterocycles. The Kier molecular flexibility index (Phi) is 4.29. The lowest BCUT2D eigenvalue weighted by molar-refractivity contribution is 0.0521. The second kappa shape index (κ2) is 6.36. The highest BCUT2D eigenvalue weighted by Gasteiger charge is 2.33. The first-order valence-corrected chi connectivity index (χ1v) is 7.82. The summed E-state index contributed by atoms with van der Waals surface area (Å²) in [7, 11) is 0. The van der Waals surface area contributed by atoms with E-state index in [4.69, 9.17) is 10.2 Å². The topological polar surface area (TPSA) is 59.5 Å². The van der Waals surface area contributed by atoms with Crippen molar-refractivity contribution in [1.82, 2.24) is 4.90 Å². The Labute approximate surface area is 130 Å². The van der Waals surface area contributed by atoms with Gasteiger partial charge in [0.25, 0.3) is 5.91 Å². The molecule has 0 bridgehead atoms. The highest BCUT2D eigenvalue weighted by molar-refractivity contribution is 5.94. The molecular formula is C18H22N2O2. The van der Waals surface area contributed by atoms with Crippen LogP contribution in [0.2, 0.25) is 0 Å². The molecule has 0 saturated carbocycles. The minimum absolute atomic E-state index is 0.0282. The maximum absolute atomic E-state index is 12.9. The Morgan fingerprint density at radius 2 is 2.09 bits per heavy atom. The van der Waals surface area contributed by atoms with Gasteiger partial charge in [-0.3, -0.25) is 4.79 Å². The van der Waals surface area contributed by atoms with Gasteiger partial charge in [0.1, 0.15) is 5.76 Å². The van der Waals surface area contributed by atoms with Crippen LogP contribution in [0.5, 0.6) is 0 Å². The molecular weight excluding hydrogens is 276 g/mol. The Morgan fingerprint density at radius 1 is 1.32 bits per heavy atom. The molecule has 2 N–H and O–H groups in total. The van der Waals surface area contributed by atoms with Crippen LogP contribution < -0.4 is 5.73 Å². The van der Waals surface area contributed by atoms with Crippen molar-refractivity contribution in [2.24, 2.45) is 11.7 Å². The minimum Gasteiger partial charge on any atom is -0.467 e. The third kappa shape index (κ3) is 2.92. The van der Waals surface area contributed by atoms with Crippen LogP contribution >= 0.6 is 0 Å². The molecule has 3 rings (SSSR count). The average molecular weight is 298 g/mol. The van der Waals surface area contributed by atoms with E-state index in [-0.39, 0.29) is 11.9 Å². The summed E-state index contributed by atoms with van der Waals surface area (Å²) >= 11 is 0. The number of piperidine rings is 1. The van der Waals surface area contributed by atoms with Crippen LogP contribution in [0.1, 0.15) is 47.5 Å². The first-order valence-electron chi connectivity index (χ1n) is 7.82. The van der Waals surface area contributed by atoms with Gasteiger partial charge in [-0.2, -0.15) is 0 Å². The standard InChI is InChI=1S/C18H22N2O2/c1-13-8-9-20(16(11-13)17-3-2-10-22-17)18(21)15-6-4-14(12-19)5-7-15/h2-7,10,13,16H,8-9,11-12,19H2,1H3. The van der Waals surface area contributed by atoms with Gasteiger partial charge in [-0.25, -0.2) is 0 Å². The van der Waals surface area contributed by atoms with Gasteiger partial charge in [0.05, 0.1) is 12.3 Å². The first-order chi connectivity index (χ1) is 10.7. The molecule has 1 fully saturated rings. The van der Waals surface area contributed by atoms with Crippen molar-refractivity contribution in [2.45, 2.75) is 32.4 Å². The first kappa shape index (κ1) is 14.9. The number of carbonyl (C=O) groups excluding carboxylic acids is 1. The second-order valence-electron chi connectivity index (χ2n) is 6.06. The van der Waals surface area contributed by atoms with Gasteiger partial charge in [-0.1, -0.05) is 19.1 Å². The molecule has 4 nitrogen and oxygen atoms in total. The van der Waals surface area contributed by atoms with Crippen molar-refractivity contribution in [3.05, 3.63) is 59.5 Å². The Morgan fingerprint density at radius 3 is 2.73 bits per heavy atom. The second-order valence-corrected chi connectivity index (χ2v) is 6.06. The highest BCUT2D eigenvalue weighted by atomic mass is 16.3. The fourth-order valence-corrected chi connectivity index (χ4v) is 3.08. The van der Waals surface area contributed by atoms with Crippen LogP contribution in [0.4, 0.5) is 0 Å². The minimum atomic E-state index is 0.0282.